The molecule has 0 aromatic carbocycles. The monoisotopic (exact) mass is 303 g/mol. The molecule has 22 heavy (non-hydrogen) atoms. The van der Waals surface area contributed by atoms with Gasteiger partial charge in [-0.2, -0.15) is 5.10 Å². The van der Waals surface area contributed by atoms with Crippen molar-refractivity contribution in [3.63, 3.8) is 0 Å². The lowest BCUT2D eigenvalue weighted by molar-refractivity contribution is -0.161. The average molecular weight is 303 g/mol. The summed E-state index contributed by atoms with van der Waals surface area (Å²) in [5.41, 5.74) is 1.09. The zero-order valence-corrected chi connectivity index (χ0v) is 13.5. The van der Waals surface area contributed by atoms with Crippen LogP contribution < -0.4 is 0 Å². The van der Waals surface area contributed by atoms with Gasteiger partial charge < -0.3 is 10.0 Å². The Labute approximate surface area is 131 Å². The van der Waals surface area contributed by atoms with Gasteiger partial charge in [-0.3, -0.25) is 9.48 Å². The predicted octanol–water partition coefficient (Wildman–Crippen LogP) is 1.68. The Morgan fingerprint density at radius 2 is 2.09 bits per heavy atom. The van der Waals surface area contributed by atoms with Gasteiger partial charge in [0.05, 0.1) is 11.8 Å². The first kappa shape index (κ1) is 14.2. The van der Waals surface area contributed by atoms with Crippen LogP contribution in [-0.2, 0) is 11.8 Å². The van der Waals surface area contributed by atoms with Crippen molar-refractivity contribution in [1.82, 2.24) is 14.7 Å². The molecule has 0 radical (unpaired) electrons. The number of aromatic nitrogens is 2. The highest BCUT2D eigenvalue weighted by molar-refractivity contribution is 5.81. The first-order chi connectivity index (χ1) is 10.4. The van der Waals surface area contributed by atoms with Crippen molar-refractivity contribution in [3.8, 4) is 0 Å². The highest BCUT2D eigenvalue weighted by atomic mass is 16.3. The third-order valence-corrected chi connectivity index (χ3v) is 5.98. The summed E-state index contributed by atoms with van der Waals surface area (Å²) in [5, 5.41) is 14.1. The molecule has 3 aliphatic rings. The molecule has 0 bridgehead atoms. The molecule has 1 saturated heterocycles. The third kappa shape index (κ3) is 2.26. The van der Waals surface area contributed by atoms with E-state index >= 15 is 0 Å². The molecule has 5 heteroatoms. The number of likely N-dealkylation sites (tertiary alicyclic amines) is 1. The van der Waals surface area contributed by atoms with E-state index in [9.17, 15) is 9.90 Å². The summed E-state index contributed by atoms with van der Waals surface area (Å²) in [7, 11) is 1.96. The molecule has 4 rings (SSSR count). The van der Waals surface area contributed by atoms with Crippen LogP contribution in [0.4, 0.5) is 0 Å². The molecule has 120 valence electrons. The lowest BCUT2D eigenvalue weighted by Crippen LogP contribution is -2.61. The highest BCUT2D eigenvalue weighted by Gasteiger charge is 2.53. The van der Waals surface area contributed by atoms with E-state index in [2.05, 4.69) is 11.3 Å². The molecule has 2 aliphatic carbocycles. The quantitative estimate of drug-likeness (QED) is 0.904. The maximum absolute atomic E-state index is 12.4. The maximum atomic E-state index is 12.4. The van der Waals surface area contributed by atoms with Crippen LogP contribution in [0.1, 0.15) is 50.5 Å². The van der Waals surface area contributed by atoms with Crippen molar-refractivity contribution in [2.75, 3.05) is 13.1 Å². The van der Waals surface area contributed by atoms with Gasteiger partial charge in [-0.1, -0.05) is 0 Å². The van der Waals surface area contributed by atoms with E-state index in [0.29, 0.717) is 24.2 Å². The number of carbonyl (C=O) groups is 1. The molecular formula is C17H25N3O2. The number of aliphatic hydroxyl groups is 1. The summed E-state index contributed by atoms with van der Waals surface area (Å²) < 4.78 is 1.87. The minimum atomic E-state index is -0.609. The second kappa shape index (κ2) is 4.57. The van der Waals surface area contributed by atoms with E-state index < -0.39 is 5.60 Å². The van der Waals surface area contributed by atoms with Gasteiger partial charge in [-0.05, 0) is 50.5 Å². The molecule has 1 atom stereocenters. The number of hydrogen-bond acceptors (Lipinski definition) is 3. The summed E-state index contributed by atoms with van der Waals surface area (Å²) >= 11 is 0. The Balaban J connectivity index is 1.33. The smallest absolute Gasteiger partial charge is 0.225 e. The Morgan fingerprint density at radius 1 is 1.36 bits per heavy atom. The Morgan fingerprint density at radius 3 is 2.68 bits per heavy atom. The van der Waals surface area contributed by atoms with Crippen LogP contribution in [0.2, 0.25) is 0 Å². The van der Waals surface area contributed by atoms with Crippen LogP contribution in [0.25, 0.3) is 0 Å². The van der Waals surface area contributed by atoms with E-state index in [1.807, 2.05) is 29.7 Å². The van der Waals surface area contributed by atoms with Crippen molar-refractivity contribution in [1.29, 1.82) is 0 Å². The van der Waals surface area contributed by atoms with Crippen molar-refractivity contribution in [2.45, 2.75) is 50.5 Å². The SMILES string of the molecule is Cn1cc(C2CCC3(C2)CN(C(=O)[C@H]2C[C@@](C)(O)C2)C3)cn1. The summed E-state index contributed by atoms with van der Waals surface area (Å²) in [5.74, 6) is 0.931. The molecule has 1 aliphatic heterocycles. The summed E-state index contributed by atoms with van der Waals surface area (Å²) in [6.07, 6.45) is 9.00. The minimum Gasteiger partial charge on any atom is -0.390 e. The third-order valence-electron chi connectivity index (χ3n) is 5.98. The Hall–Kier alpha value is -1.36. The predicted molar refractivity (Wildman–Crippen MR) is 82.2 cm³/mol. The van der Waals surface area contributed by atoms with Gasteiger partial charge in [-0.25, -0.2) is 0 Å². The molecule has 1 amide bonds. The van der Waals surface area contributed by atoms with Gasteiger partial charge in [-0.15, -0.1) is 0 Å². The fraction of sp³-hybridized carbons (Fsp3) is 0.765. The second-order valence-electron chi connectivity index (χ2n) is 8.18. The van der Waals surface area contributed by atoms with Crippen LogP contribution in [0.15, 0.2) is 12.4 Å². The van der Waals surface area contributed by atoms with Gasteiger partial charge in [0.1, 0.15) is 0 Å². The molecule has 1 spiro atoms. The van der Waals surface area contributed by atoms with Crippen LogP contribution in [-0.4, -0.2) is 44.4 Å². The number of nitrogens with zero attached hydrogens (tertiary/aromatic N) is 3. The molecule has 1 aromatic rings. The van der Waals surface area contributed by atoms with Gasteiger partial charge >= 0.3 is 0 Å². The topological polar surface area (TPSA) is 58.4 Å². The molecule has 1 unspecified atom stereocenters. The van der Waals surface area contributed by atoms with Crippen molar-refractivity contribution in [2.24, 2.45) is 18.4 Å². The van der Waals surface area contributed by atoms with Crippen LogP contribution in [0, 0.1) is 11.3 Å². The maximum Gasteiger partial charge on any atom is 0.225 e. The van der Waals surface area contributed by atoms with E-state index in [4.69, 9.17) is 0 Å². The lowest BCUT2D eigenvalue weighted by Gasteiger charge is -2.52. The molecule has 1 aromatic heterocycles. The number of amides is 1. The Bertz CT molecular complexity index is 593. The number of aryl methyl sites for hydroxylation is 1. The van der Waals surface area contributed by atoms with Crippen LogP contribution in [0.3, 0.4) is 0 Å². The zero-order chi connectivity index (χ0) is 15.5. The number of rotatable bonds is 2. The lowest BCUT2D eigenvalue weighted by atomic mass is 9.69. The normalized spacial score (nSPS) is 36.2. The second-order valence-corrected chi connectivity index (χ2v) is 8.18. The van der Waals surface area contributed by atoms with Gasteiger partial charge in [0, 0.05) is 37.7 Å². The van der Waals surface area contributed by atoms with Crippen molar-refractivity contribution < 1.29 is 9.90 Å². The van der Waals surface area contributed by atoms with Gasteiger partial charge in [0.15, 0.2) is 0 Å². The van der Waals surface area contributed by atoms with Crippen LogP contribution in [0.5, 0.6) is 0 Å². The zero-order valence-electron chi connectivity index (χ0n) is 13.5. The number of hydrogen-bond donors (Lipinski definition) is 1. The van der Waals surface area contributed by atoms with Gasteiger partial charge in [0.25, 0.3) is 0 Å². The molecule has 3 fully saturated rings. The van der Waals surface area contributed by atoms with E-state index in [0.717, 1.165) is 13.1 Å². The van der Waals surface area contributed by atoms with Crippen LogP contribution >= 0.6 is 0 Å². The standard InChI is InChI=1S/C17H25N3O2/c1-16(22)5-13(6-16)15(21)20-10-17(11-20)4-3-12(7-17)14-8-18-19(2)9-14/h8-9,12-13,22H,3-7,10-11H2,1-2H3/t12?,13-,16+. The summed E-state index contributed by atoms with van der Waals surface area (Å²) in [6, 6.07) is 0. The van der Waals surface area contributed by atoms with Crippen molar-refractivity contribution in [3.05, 3.63) is 18.0 Å². The summed E-state index contributed by atoms with van der Waals surface area (Å²) in [6.45, 7) is 3.66. The molecule has 1 N–H and O–H groups in total. The number of carbonyl (C=O) groups excluding carboxylic acids is 1. The molecular weight excluding hydrogens is 278 g/mol. The average Bonchev–Trinajstić information content (AvgIpc) is 2.99. The van der Waals surface area contributed by atoms with E-state index in [-0.39, 0.29) is 11.8 Å². The van der Waals surface area contributed by atoms with Crippen molar-refractivity contribution >= 4 is 5.91 Å². The Kier molecular flexibility index (Phi) is 2.96. The first-order valence-electron chi connectivity index (χ1n) is 8.36. The fourth-order valence-corrected chi connectivity index (χ4v) is 4.78. The van der Waals surface area contributed by atoms with Gasteiger partial charge in [0.2, 0.25) is 5.91 Å². The minimum absolute atomic E-state index is 0.0582. The highest BCUT2D eigenvalue weighted by Crippen LogP contribution is 2.52. The van der Waals surface area contributed by atoms with E-state index in [1.54, 1.807) is 0 Å². The van der Waals surface area contributed by atoms with E-state index in [1.165, 1.54) is 24.8 Å². The first-order valence-corrected chi connectivity index (χ1v) is 8.36. The fourth-order valence-electron chi connectivity index (χ4n) is 4.78. The molecule has 2 saturated carbocycles. The largest absolute Gasteiger partial charge is 0.390 e. The molecule has 5 nitrogen and oxygen atoms in total. The molecule has 2 heterocycles. The summed E-state index contributed by atoms with van der Waals surface area (Å²) in [4.78, 5) is 14.4.